The lowest BCUT2D eigenvalue weighted by atomic mass is 9.92. The zero-order valence-electron chi connectivity index (χ0n) is 11.1. The van der Waals surface area contributed by atoms with E-state index >= 15 is 0 Å². The van der Waals surface area contributed by atoms with Gasteiger partial charge in [-0.3, -0.25) is 9.59 Å². The first-order chi connectivity index (χ1) is 9.63. The molecule has 108 valence electrons. The van der Waals surface area contributed by atoms with Gasteiger partial charge < -0.3 is 20.5 Å². The van der Waals surface area contributed by atoms with Crippen molar-refractivity contribution in [3.8, 4) is 0 Å². The molecule has 1 aliphatic rings. The molecule has 3 N–H and O–H groups in total. The Bertz CT molecular complexity index is 504. The van der Waals surface area contributed by atoms with E-state index in [1.165, 1.54) is 4.90 Å². The van der Waals surface area contributed by atoms with Crippen molar-refractivity contribution in [3.05, 3.63) is 29.8 Å². The number of carboxylic acids is 1. The molecule has 1 amide bonds. The standard InChI is InChI=1S/C14H18N2O4/c15-5-6-20-9-13(17)16-8-11(14(18)19)7-10-3-1-2-4-12(10)16/h1-4,11H,5-9,15H2,(H,18,19). The lowest BCUT2D eigenvalue weighted by molar-refractivity contribution is -0.141. The third-order valence-electron chi connectivity index (χ3n) is 3.29. The van der Waals surface area contributed by atoms with Crippen molar-refractivity contribution in [2.45, 2.75) is 6.42 Å². The fourth-order valence-corrected chi connectivity index (χ4v) is 2.32. The van der Waals surface area contributed by atoms with Crippen LogP contribution in [-0.4, -0.2) is 43.3 Å². The Morgan fingerprint density at radius 2 is 2.15 bits per heavy atom. The molecule has 1 atom stereocenters. The van der Waals surface area contributed by atoms with Gasteiger partial charge in [0, 0.05) is 18.8 Å². The summed E-state index contributed by atoms with van der Waals surface area (Å²) < 4.78 is 5.14. The second kappa shape index (κ2) is 6.49. The number of carbonyl (C=O) groups is 2. The number of ether oxygens (including phenoxy) is 1. The smallest absolute Gasteiger partial charge is 0.308 e. The first-order valence-electron chi connectivity index (χ1n) is 6.52. The van der Waals surface area contributed by atoms with Crippen molar-refractivity contribution < 1.29 is 19.4 Å². The van der Waals surface area contributed by atoms with Crippen LogP contribution in [0.5, 0.6) is 0 Å². The number of hydrogen-bond donors (Lipinski definition) is 2. The Balaban J connectivity index is 2.18. The van der Waals surface area contributed by atoms with Gasteiger partial charge in [-0.25, -0.2) is 0 Å². The highest BCUT2D eigenvalue weighted by Crippen LogP contribution is 2.29. The average molecular weight is 278 g/mol. The third kappa shape index (κ3) is 3.15. The molecule has 1 unspecified atom stereocenters. The van der Waals surface area contributed by atoms with Crippen molar-refractivity contribution in [1.82, 2.24) is 0 Å². The van der Waals surface area contributed by atoms with Gasteiger partial charge in [0.2, 0.25) is 0 Å². The molecule has 20 heavy (non-hydrogen) atoms. The monoisotopic (exact) mass is 278 g/mol. The molecule has 0 fully saturated rings. The minimum atomic E-state index is -0.889. The summed E-state index contributed by atoms with van der Waals surface area (Å²) in [4.78, 5) is 24.9. The van der Waals surface area contributed by atoms with E-state index in [0.717, 1.165) is 11.3 Å². The van der Waals surface area contributed by atoms with E-state index in [1.807, 2.05) is 24.3 Å². The van der Waals surface area contributed by atoms with Crippen molar-refractivity contribution in [3.63, 3.8) is 0 Å². The Hall–Kier alpha value is -1.92. The van der Waals surface area contributed by atoms with Crippen LogP contribution in [0.1, 0.15) is 5.56 Å². The molecule has 2 rings (SSSR count). The zero-order valence-corrected chi connectivity index (χ0v) is 11.1. The summed E-state index contributed by atoms with van der Waals surface area (Å²) in [5.41, 5.74) is 6.95. The van der Waals surface area contributed by atoms with Gasteiger partial charge in [-0.05, 0) is 18.1 Å². The minimum Gasteiger partial charge on any atom is -0.481 e. The van der Waals surface area contributed by atoms with Crippen LogP contribution in [-0.2, 0) is 20.7 Å². The van der Waals surface area contributed by atoms with Crippen LogP contribution < -0.4 is 10.6 Å². The predicted molar refractivity (Wildman–Crippen MR) is 73.5 cm³/mol. The third-order valence-corrected chi connectivity index (χ3v) is 3.29. The van der Waals surface area contributed by atoms with E-state index in [9.17, 15) is 14.7 Å². The minimum absolute atomic E-state index is 0.0854. The van der Waals surface area contributed by atoms with E-state index in [1.54, 1.807) is 0 Å². The van der Waals surface area contributed by atoms with Gasteiger partial charge in [0.1, 0.15) is 6.61 Å². The van der Waals surface area contributed by atoms with Gasteiger partial charge in [-0.1, -0.05) is 18.2 Å². The fraction of sp³-hybridized carbons (Fsp3) is 0.429. The predicted octanol–water partition coefficient (Wildman–Crippen LogP) is 0.252. The number of anilines is 1. The van der Waals surface area contributed by atoms with Gasteiger partial charge in [-0.2, -0.15) is 0 Å². The number of carbonyl (C=O) groups excluding carboxylic acids is 1. The molecule has 1 aromatic carbocycles. The Morgan fingerprint density at radius 1 is 1.40 bits per heavy atom. The first kappa shape index (κ1) is 14.5. The van der Waals surface area contributed by atoms with Crippen molar-refractivity contribution in [1.29, 1.82) is 0 Å². The summed E-state index contributed by atoms with van der Waals surface area (Å²) in [6, 6.07) is 7.36. The molecule has 1 heterocycles. The number of nitrogens with two attached hydrogens (primary N) is 1. The molecular weight excluding hydrogens is 260 g/mol. The Labute approximate surface area is 117 Å². The van der Waals surface area contributed by atoms with Crippen LogP contribution in [0.3, 0.4) is 0 Å². The fourth-order valence-electron chi connectivity index (χ4n) is 2.32. The summed E-state index contributed by atoms with van der Waals surface area (Å²) in [6.07, 6.45) is 0.443. The molecular formula is C14H18N2O4. The molecule has 1 aromatic rings. The van der Waals surface area contributed by atoms with E-state index in [2.05, 4.69) is 0 Å². The molecule has 1 aliphatic heterocycles. The van der Waals surface area contributed by atoms with Crippen molar-refractivity contribution in [2.24, 2.45) is 11.7 Å². The lowest BCUT2D eigenvalue weighted by Gasteiger charge is -2.32. The quantitative estimate of drug-likeness (QED) is 0.753. The molecule has 0 radical (unpaired) electrons. The number of aliphatic carboxylic acids is 1. The van der Waals surface area contributed by atoms with Crippen LogP contribution in [0.15, 0.2) is 24.3 Å². The molecule has 0 bridgehead atoms. The number of benzene rings is 1. The van der Waals surface area contributed by atoms with Crippen molar-refractivity contribution in [2.75, 3.05) is 31.2 Å². The average Bonchev–Trinajstić information content (AvgIpc) is 2.46. The summed E-state index contributed by atoms with van der Waals surface area (Å²) in [5, 5.41) is 9.19. The second-order valence-electron chi connectivity index (χ2n) is 4.71. The highest BCUT2D eigenvalue weighted by molar-refractivity contribution is 5.96. The molecule has 6 nitrogen and oxygen atoms in total. The summed E-state index contributed by atoms with van der Waals surface area (Å²) in [6.45, 7) is 0.750. The molecule has 0 aliphatic carbocycles. The maximum atomic E-state index is 12.2. The lowest BCUT2D eigenvalue weighted by Crippen LogP contribution is -2.44. The SMILES string of the molecule is NCCOCC(=O)N1CC(C(=O)O)Cc2ccccc21. The Kier molecular flexibility index (Phi) is 4.70. The maximum Gasteiger partial charge on any atom is 0.308 e. The number of nitrogens with zero attached hydrogens (tertiary/aromatic N) is 1. The van der Waals surface area contributed by atoms with E-state index in [-0.39, 0.29) is 19.1 Å². The van der Waals surface area contributed by atoms with E-state index in [4.69, 9.17) is 10.5 Å². The number of carboxylic acid groups (broad SMARTS) is 1. The Morgan fingerprint density at radius 3 is 2.85 bits per heavy atom. The van der Waals surface area contributed by atoms with Gasteiger partial charge >= 0.3 is 5.97 Å². The van der Waals surface area contributed by atoms with Crippen LogP contribution in [0, 0.1) is 5.92 Å². The summed E-state index contributed by atoms with van der Waals surface area (Å²) in [7, 11) is 0. The van der Waals surface area contributed by atoms with E-state index in [0.29, 0.717) is 19.6 Å². The molecule has 0 spiro atoms. The molecule has 0 saturated carbocycles. The first-order valence-corrected chi connectivity index (χ1v) is 6.52. The topological polar surface area (TPSA) is 92.9 Å². The number of para-hydroxylation sites is 1. The number of fused-ring (bicyclic) bond motifs is 1. The van der Waals surface area contributed by atoms with E-state index < -0.39 is 11.9 Å². The normalized spacial score (nSPS) is 17.6. The highest BCUT2D eigenvalue weighted by Gasteiger charge is 2.31. The van der Waals surface area contributed by atoms with Crippen molar-refractivity contribution >= 4 is 17.6 Å². The summed E-state index contributed by atoms with van der Waals surface area (Å²) >= 11 is 0. The zero-order chi connectivity index (χ0) is 14.5. The van der Waals surface area contributed by atoms with Gasteiger partial charge in [0.25, 0.3) is 5.91 Å². The van der Waals surface area contributed by atoms with Gasteiger partial charge in [-0.15, -0.1) is 0 Å². The number of hydrogen-bond acceptors (Lipinski definition) is 4. The summed E-state index contributed by atoms with van der Waals surface area (Å²) in [5.74, 6) is -1.71. The largest absolute Gasteiger partial charge is 0.481 e. The number of amides is 1. The highest BCUT2D eigenvalue weighted by atomic mass is 16.5. The van der Waals surface area contributed by atoms with Crippen LogP contribution in [0.25, 0.3) is 0 Å². The van der Waals surface area contributed by atoms with Crippen LogP contribution in [0.2, 0.25) is 0 Å². The molecule has 0 saturated heterocycles. The molecule has 0 aromatic heterocycles. The number of rotatable bonds is 5. The van der Waals surface area contributed by atoms with Gasteiger partial charge in [0.05, 0.1) is 12.5 Å². The maximum absolute atomic E-state index is 12.2. The van der Waals surface area contributed by atoms with Crippen LogP contribution in [0.4, 0.5) is 5.69 Å². The molecule has 6 heteroatoms. The van der Waals surface area contributed by atoms with Crippen LogP contribution >= 0.6 is 0 Å². The van der Waals surface area contributed by atoms with Gasteiger partial charge in [0.15, 0.2) is 0 Å². The second-order valence-corrected chi connectivity index (χ2v) is 4.71.